The molecule has 0 bridgehead atoms. The molecule has 2 unspecified atom stereocenters. The zero-order valence-electron chi connectivity index (χ0n) is 12.7. The van der Waals surface area contributed by atoms with Crippen LogP contribution in [0.5, 0.6) is 0 Å². The van der Waals surface area contributed by atoms with Crippen molar-refractivity contribution in [3.05, 3.63) is 21.4 Å². The van der Waals surface area contributed by atoms with Crippen molar-refractivity contribution >= 4 is 17.2 Å². The molecule has 0 aliphatic heterocycles. The molecule has 2 N–H and O–H groups in total. The van der Waals surface area contributed by atoms with Gasteiger partial charge in [0.05, 0.1) is 17.0 Å². The minimum Gasteiger partial charge on any atom is -0.394 e. The fraction of sp³-hybridized carbons (Fsp3) is 0.688. The molecule has 1 aromatic rings. The molecule has 0 radical (unpaired) electrons. The summed E-state index contributed by atoms with van der Waals surface area (Å²) in [6.45, 7) is 6.39. The molecule has 0 aromatic carbocycles. The van der Waals surface area contributed by atoms with Gasteiger partial charge in [-0.3, -0.25) is 4.79 Å². The lowest BCUT2D eigenvalue weighted by molar-refractivity contribution is 0.0700. The highest BCUT2D eigenvalue weighted by atomic mass is 32.1. The van der Waals surface area contributed by atoms with Gasteiger partial charge in [-0.15, -0.1) is 11.3 Å². The Labute approximate surface area is 125 Å². The highest BCUT2D eigenvalue weighted by molar-refractivity contribution is 7.14. The van der Waals surface area contributed by atoms with Crippen LogP contribution in [0.3, 0.4) is 0 Å². The Balaban J connectivity index is 2.12. The normalized spacial score (nSPS) is 26.5. The van der Waals surface area contributed by atoms with Gasteiger partial charge in [0.2, 0.25) is 0 Å². The van der Waals surface area contributed by atoms with Gasteiger partial charge in [-0.05, 0) is 43.7 Å². The number of rotatable bonds is 4. The van der Waals surface area contributed by atoms with Crippen LogP contribution in [-0.4, -0.2) is 23.2 Å². The topological polar surface area (TPSA) is 49.3 Å². The number of amides is 1. The predicted octanol–water partition coefficient (Wildman–Crippen LogP) is 3.29. The van der Waals surface area contributed by atoms with Gasteiger partial charge in [-0.1, -0.05) is 26.7 Å². The predicted molar refractivity (Wildman–Crippen MR) is 83.3 cm³/mol. The first-order chi connectivity index (χ1) is 9.49. The highest BCUT2D eigenvalue weighted by Crippen LogP contribution is 2.32. The van der Waals surface area contributed by atoms with Crippen LogP contribution < -0.4 is 5.32 Å². The van der Waals surface area contributed by atoms with Gasteiger partial charge in [0.25, 0.3) is 5.91 Å². The average molecular weight is 295 g/mol. The SMILES string of the molecule is CCc1sc(C(=O)NC2(CO)CCCC(C)C2)cc1C. The maximum atomic E-state index is 12.5. The summed E-state index contributed by atoms with van der Waals surface area (Å²) in [5.41, 5.74) is 0.775. The molecule has 20 heavy (non-hydrogen) atoms. The summed E-state index contributed by atoms with van der Waals surface area (Å²) in [5, 5.41) is 12.9. The molecule has 1 amide bonds. The summed E-state index contributed by atoms with van der Waals surface area (Å²) in [7, 11) is 0. The van der Waals surface area contributed by atoms with Gasteiger partial charge in [-0.25, -0.2) is 0 Å². The molecule has 1 fully saturated rings. The van der Waals surface area contributed by atoms with Crippen LogP contribution in [0.2, 0.25) is 0 Å². The molecule has 0 saturated heterocycles. The Kier molecular flexibility index (Phi) is 4.86. The number of nitrogens with one attached hydrogen (secondary N) is 1. The van der Waals surface area contributed by atoms with Crippen molar-refractivity contribution in [2.24, 2.45) is 5.92 Å². The summed E-state index contributed by atoms with van der Waals surface area (Å²) in [6.07, 6.45) is 4.98. The number of carbonyl (C=O) groups excluding carboxylic acids is 1. The van der Waals surface area contributed by atoms with Crippen molar-refractivity contribution in [3.8, 4) is 0 Å². The molecule has 2 atom stereocenters. The van der Waals surface area contributed by atoms with E-state index in [0.29, 0.717) is 5.92 Å². The summed E-state index contributed by atoms with van der Waals surface area (Å²) >= 11 is 1.57. The van der Waals surface area contributed by atoms with Crippen LogP contribution in [0.4, 0.5) is 0 Å². The lowest BCUT2D eigenvalue weighted by Crippen LogP contribution is -2.53. The van der Waals surface area contributed by atoms with Crippen molar-refractivity contribution in [2.45, 2.75) is 58.4 Å². The molecule has 0 spiro atoms. The lowest BCUT2D eigenvalue weighted by atomic mass is 9.77. The largest absolute Gasteiger partial charge is 0.394 e. The summed E-state index contributed by atoms with van der Waals surface area (Å²) in [6, 6.07) is 1.97. The van der Waals surface area contributed by atoms with Crippen molar-refractivity contribution in [1.82, 2.24) is 5.32 Å². The van der Waals surface area contributed by atoms with Crippen molar-refractivity contribution in [2.75, 3.05) is 6.61 Å². The maximum Gasteiger partial charge on any atom is 0.261 e. The number of aryl methyl sites for hydroxylation is 2. The summed E-state index contributed by atoms with van der Waals surface area (Å²) in [4.78, 5) is 14.5. The molecular weight excluding hydrogens is 270 g/mol. The zero-order chi connectivity index (χ0) is 14.8. The highest BCUT2D eigenvalue weighted by Gasteiger charge is 2.36. The monoisotopic (exact) mass is 295 g/mol. The number of thiophene rings is 1. The lowest BCUT2D eigenvalue weighted by Gasteiger charge is -2.39. The molecule has 1 heterocycles. The van der Waals surface area contributed by atoms with E-state index >= 15 is 0 Å². The maximum absolute atomic E-state index is 12.5. The van der Waals surface area contributed by atoms with E-state index in [4.69, 9.17) is 0 Å². The molecule has 112 valence electrons. The van der Waals surface area contributed by atoms with Crippen LogP contribution in [0, 0.1) is 12.8 Å². The quantitative estimate of drug-likeness (QED) is 0.895. The first-order valence-corrected chi connectivity index (χ1v) is 8.34. The third-order valence-electron chi connectivity index (χ3n) is 4.34. The van der Waals surface area contributed by atoms with E-state index < -0.39 is 5.54 Å². The fourth-order valence-electron chi connectivity index (χ4n) is 3.24. The van der Waals surface area contributed by atoms with Gasteiger partial charge in [0.1, 0.15) is 0 Å². The third-order valence-corrected chi connectivity index (χ3v) is 5.72. The molecule has 2 rings (SSSR count). The smallest absolute Gasteiger partial charge is 0.261 e. The molecular formula is C16H25NO2S. The standard InChI is InChI=1S/C16H25NO2S/c1-4-13-12(3)8-14(20-13)15(19)17-16(10-18)7-5-6-11(2)9-16/h8,11,18H,4-7,9-10H2,1-3H3,(H,17,19). The fourth-order valence-corrected chi connectivity index (χ4v) is 4.25. The van der Waals surface area contributed by atoms with E-state index in [-0.39, 0.29) is 12.5 Å². The van der Waals surface area contributed by atoms with Gasteiger partial charge in [0, 0.05) is 4.88 Å². The van der Waals surface area contributed by atoms with Crippen molar-refractivity contribution in [1.29, 1.82) is 0 Å². The van der Waals surface area contributed by atoms with E-state index in [1.807, 2.05) is 6.07 Å². The van der Waals surface area contributed by atoms with Crippen LogP contribution in [0.1, 0.15) is 59.6 Å². The number of aliphatic hydroxyl groups excluding tert-OH is 1. The third kappa shape index (κ3) is 3.23. The first kappa shape index (κ1) is 15.5. The van der Waals surface area contributed by atoms with E-state index in [9.17, 15) is 9.90 Å². The minimum atomic E-state index is -0.418. The molecule has 1 aromatic heterocycles. The Hall–Kier alpha value is -0.870. The summed E-state index contributed by atoms with van der Waals surface area (Å²) < 4.78 is 0. The number of hydrogen-bond donors (Lipinski definition) is 2. The van der Waals surface area contributed by atoms with Gasteiger partial charge in [0.15, 0.2) is 0 Å². The van der Waals surface area contributed by atoms with Crippen molar-refractivity contribution in [3.63, 3.8) is 0 Å². The number of hydrogen-bond acceptors (Lipinski definition) is 3. The first-order valence-electron chi connectivity index (χ1n) is 7.52. The zero-order valence-corrected chi connectivity index (χ0v) is 13.5. The van der Waals surface area contributed by atoms with E-state index in [1.165, 1.54) is 16.9 Å². The van der Waals surface area contributed by atoms with Gasteiger partial charge in [-0.2, -0.15) is 0 Å². The second-order valence-corrected chi connectivity index (χ2v) is 7.30. The Morgan fingerprint density at radius 3 is 2.90 bits per heavy atom. The van der Waals surface area contributed by atoms with Gasteiger partial charge < -0.3 is 10.4 Å². The minimum absolute atomic E-state index is 0.0269. The van der Waals surface area contributed by atoms with Crippen LogP contribution >= 0.6 is 11.3 Å². The van der Waals surface area contributed by atoms with Crippen LogP contribution in [0.15, 0.2) is 6.07 Å². The van der Waals surface area contributed by atoms with Crippen LogP contribution in [-0.2, 0) is 6.42 Å². The second-order valence-electron chi connectivity index (χ2n) is 6.16. The Morgan fingerprint density at radius 2 is 2.35 bits per heavy atom. The van der Waals surface area contributed by atoms with Gasteiger partial charge >= 0.3 is 0 Å². The second kappa shape index (κ2) is 6.27. The Morgan fingerprint density at radius 1 is 1.60 bits per heavy atom. The average Bonchev–Trinajstić information content (AvgIpc) is 2.80. The number of aliphatic hydroxyl groups is 1. The molecule has 1 saturated carbocycles. The summed E-state index contributed by atoms with van der Waals surface area (Å²) in [5.74, 6) is 0.536. The van der Waals surface area contributed by atoms with Crippen molar-refractivity contribution < 1.29 is 9.90 Å². The Bertz CT molecular complexity index is 483. The van der Waals surface area contributed by atoms with E-state index in [1.54, 1.807) is 11.3 Å². The van der Waals surface area contributed by atoms with Crippen LogP contribution in [0.25, 0.3) is 0 Å². The molecule has 3 nitrogen and oxygen atoms in total. The molecule has 4 heteroatoms. The molecule has 1 aliphatic carbocycles. The molecule has 1 aliphatic rings. The van der Waals surface area contributed by atoms with E-state index in [0.717, 1.165) is 30.6 Å². The number of carbonyl (C=O) groups is 1. The van der Waals surface area contributed by atoms with E-state index in [2.05, 4.69) is 26.1 Å².